The van der Waals surface area contributed by atoms with E-state index in [9.17, 15) is 0 Å². The third-order valence-corrected chi connectivity index (χ3v) is 3.67. The summed E-state index contributed by atoms with van der Waals surface area (Å²) >= 11 is 0. The normalized spacial score (nSPS) is 11.2. The minimum Gasteiger partial charge on any atom is -0.361 e. The van der Waals surface area contributed by atoms with Gasteiger partial charge >= 0.3 is 0 Å². The molecule has 3 aromatic carbocycles. The standard InChI is InChI=1S/C18H13N/c1-2-7-14-13(5-1)6-3-8-15(14)16-9-4-10-18-17(16)11-12-19-18/h1-12,19H. The molecule has 0 aliphatic rings. The van der Waals surface area contributed by atoms with Crippen LogP contribution in [0.4, 0.5) is 0 Å². The van der Waals surface area contributed by atoms with Crippen LogP contribution >= 0.6 is 0 Å². The van der Waals surface area contributed by atoms with Gasteiger partial charge in [0.1, 0.15) is 0 Å². The van der Waals surface area contributed by atoms with E-state index in [2.05, 4.69) is 71.7 Å². The van der Waals surface area contributed by atoms with Crippen LogP contribution in [0.3, 0.4) is 0 Å². The summed E-state index contributed by atoms with van der Waals surface area (Å²) in [4.78, 5) is 3.28. The van der Waals surface area contributed by atoms with E-state index in [1.165, 1.54) is 32.8 Å². The molecule has 0 saturated carbocycles. The van der Waals surface area contributed by atoms with E-state index in [0.29, 0.717) is 0 Å². The highest BCUT2D eigenvalue weighted by Gasteiger charge is 2.07. The summed E-state index contributed by atoms with van der Waals surface area (Å²) in [6.07, 6.45) is 2.00. The Balaban J connectivity index is 2.12. The zero-order valence-corrected chi connectivity index (χ0v) is 10.4. The number of H-pyrrole nitrogens is 1. The van der Waals surface area contributed by atoms with E-state index >= 15 is 0 Å². The lowest BCUT2D eigenvalue weighted by atomic mass is 9.96. The van der Waals surface area contributed by atoms with Crippen LogP contribution in [0, 0.1) is 0 Å². The van der Waals surface area contributed by atoms with Crippen molar-refractivity contribution in [1.82, 2.24) is 4.98 Å². The van der Waals surface area contributed by atoms with Gasteiger partial charge in [0, 0.05) is 17.1 Å². The van der Waals surface area contributed by atoms with Gasteiger partial charge in [-0.05, 0) is 34.0 Å². The molecule has 0 aliphatic heterocycles. The highest BCUT2D eigenvalue weighted by molar-refractivity contribution is 6.04. The second-order valence-corrected chi connectivity index (χ2v) is 4.77. The number of aromatic amines is 1. The van der Waals surface area contributed by atoms with E-state index < -0.39 is 0 Å². The summed E-state index contributed by atoms with van der Waals surface area (Å²) in [5, 5.41) is 3.87. The molecule has 1 heterocycles. The van der Waals surface area contributed by atoms with Gasteiger partial charge in [-0.3, -0.25) is 0 Å². The molecule has 0 radical (unpaired) electrons. The van der Waals surface area contributed by atoms with Gasteiger partial charge in [0.05, 0.1) is 0 Å². The summed E-state index contributed by atoms with van der Waals surface area (Å²) in [6, 6.07) is 23.6. The van der Waals surface area contributed by atoms with Crippen molar-refractivity contribution in [2.45, 2.75) is 0 Å². The minimum absolute atomic E-state index is 1.19. The van der Waals surface area contributed by atoms with Crippen molar-refractivity contribution < 1.29 is 0 Å². The Morgan fingerprint density at radius 1 is 0.579 bits per heavy atom. The number of rotatable bonds is 1. The molecule has 1 nitrogen and oxygen atoms in total. The molecule has 90 valence electrons. The van der Waals surface area contributed by atoms with Gasteiger partial charge < -0.3 is 4.98 Å². The molecule has 0 saturated heterocycles. The SMILES string of the molecule is c1ccc2c(-c3cccc4[nH]ccc34)cccc2c1. The lowest BCUT2D eigenvalue weighted by Gasteiger charge is -2.08. The van der Waals surface area contributed by atoms with Gasteiger partial charge in [0.25, 0.3) is 0 Å². The Morgan fingerprint density at radius 2 is 1.32 bits per heavy atom. The summed E-state index contributed by atoms with van der Waals surface area (Å²) in [5.74, 6) is 0. The molecule has 0 unspecified atom stereocenters. The number of benzene rings is 3. The highest BCUT2D eigenvalue weighted by atomic mass is 14.7. The predicted molar refractivity (Wildman–Crippen MR) is 81.2 cm³/mol. The number of nitrogens with one attached hydrogen (secondary N) is 1. The van der Waals surface area contributed by atoms with E-state index in [-0.39, 0.29) is 0 Å². The van der Waals surface area contributed by atoms with Crippen LogP contribution in [-0.4, -0.2) is 4.98 Å². The molecule has 0 bridgehead atoms. The first kappa shape index (κ1) is 10.4. The van der Waals surface area contributed by atoms with Crippen molar-refractivity contribution in [3.05, 3.63) is 72.9 Å². The van der Waals surface area contributed by atoms with E-state index in [4.69, 9.17) is 0 Å². The summed E-state index contributed by atoms with van der Waals surface area (Å²) < 4.78 is 0. The highest BCUT2D eigenvalue weighted by Crippen LogP contribution is 2.33. The second-order valence-electron chi connectivity index (χ2n) is 4.77. The first-order chi connectivity index (χ1) is 9.43. The van der Waals surface area contributed by atoms with Crippen LogP contribution in [0.1, 0.15) is 0 Å². The van der Waals surface area contributed by atoms with E-state index in [1.54, 1.807) is 0 Å². The third-order valence-electron chi connectivity index (χ3n) is 3.67. The minimum atomic E-state index is 1.19. The van der Waals surface area contributed by atoms with Crippen LogP contribution in [0.25, 0.3) is 32.8 Å². The zero-order valence-electron chi connectivity index (χ0n) is 10.4. The Hall–Kier alpha value is -2.54. The van der Waals surface area contributed by atoms with Gasteiger partial charge in [0.15, 0.2) is 0 Å². The summed E-state index contributed by atoms with van der Waals surface area (Å²) in [5.41, 5.74) is 3.77. The van der Waals surface area contributed by atoms with Crippen molar-refractivity contribution in [2.75, 3.05) is 0 Å². The maximum atomic E-state index is 3.28. The molecule has 4 aromatic rings. The van der Waals surface area contributed by atoms with Gasteiger partial charge in [-0.1, -0.05) is 54.6 Å². The molecule has 0 spiro atoms. The first-order valence-corrected chi connectivity index (χ1v) is 6.48. The Bertz CT molecular complexity index is 866. The average molecular weight is 243 g/mol. The predicted octanol–water partition coefficient (Wildman–Crippen LogP) is 4.99. The lowest BCUT2D eigenvalue weighted by molar-refractivity contribution is 1.48. The number of fused-ring (bicyclic) bond motifs is 2. The van der Waals surface area contributed by atoms with Crippen molar-refractivity contribution in [1.29, 1.82) is 0 Å². The maximum Gasteiger partial charge on any atom is 0.0460 e. The topological polar surface area (TPSA) is 15.8 Å². The second kappa shape index (κ2) is 3.99. The Kier molecular flexibility index (Phi) is 2.18. The number of aromatic nitrogens is 1. The van der Waals surface area contributed by atoms with Crippen molar-refractivity contribution in [3.8, 4) is 11.1 Å². The van der Waals surface area contributed by atoms with Crippen molar-refractivity contribution >= 4 is 21.7 Å². The van der Waals surface area contributed by atoms with Gasteiger partial charge in [-0.25, -0.2) is 0 Å². The average Bonchev–Trinajstić information content (AvgIpc) is 2.95. The summed E-state index contributed by atoms with van der Waals surface area (Å²) in [7, 11) is 0. The molecule has 1 aromatic heterocycles. The molecule has 1 N–H and O–H groups in total. The monoisotopic (exact) mass is 243 g/mol. The smallest absolute Gasteiger partial charge is 0.0460 e. The van der Waals surface area contributed by atoms with Crippen LogP contribution in [-0.2, 0) is 0 Å². The van der Waals surface area contributed by atoms with Crippen molar-refractivity contribution in [3.63, 3.8) is 0 Å². The number of hydrogen-bond donors (Lipinski definition) is 1. The largest absolute Gasteiger partial charge is 0.361 e. The van der Waals surface area contributed by atoms with Crippen LogP contribution in [0.2, 0.25) is 0 Å². The van der Waals surface area contributed by atoms with Crippen LogP contribution < -0.4 is 0 Å². The molecule has 1 heteroatoms. The van der Waals surface area contributed by atoms with Crippen LogP contribution in [0.15, 0.2) is 72.9 Å². The number of hydrogen-bond acceptors (Lipinski definition) is 0. The zero-order chi connectivity index (χ0) is 12.7. The molecule has 0 fully saturated rings. The molecular formula is C18H13N. The van der Waals surface area contributed by atoms with E-state index in [0.717, 1.165) is 0 Å². The maximum absolute atomic E-state index is 3.28. The van der Waals surface area contributed by atoms with Gasteiger partial charge in [0.2, 0.25) is 0 Å². The molecule has 0 aliphatic carbocycles. The third kappa shape index (κ3) is 1.55. The Labute approximate surface area is 111 Å². The Morgan fingerprint density at radius 3 is 2.26 bits per heavy atom. The molecular weight excluding hydrogens is 230 g/mol. The first-order valence-electron chi connectivity index (χ1n) is 6.48. The van der Waals surface area contributed by atoms with Gasteiger partial charge in [-0.2, -0.15) is 0 Å². The quantitative estimate of drug-likeness (QED) is 0.485. The molecule has 19 heavy (non-hydrogen) atoms. The fraction of sp³-hybridized carbons (Fsp3) is 0. The fourth-order valence-corrected chi connectivity index (χ4v) is 2.78. The molecule has 4 rings (SSSR count). The lowest BCUT2D eigenvalue weighted by Crippen LogP contribution is -1.82. The summed E-state index contributed by atoms with van der Waals surface area (Å²) in [6.45, 7) is 0. The fourth-order valence-electron chi connectivity index (χ4n) is 2.78. The molecule has 0 atom stereocenters. The van der Waals surface area contributed by atoms with Crippen LogP contribution in [0.5, 0.6) is 0 Å². The van der Waals surface area contributed by atoms with Gasteiger partial charge in [-0.15, -0.1) is 0 Å². The molecule has 0 amide bonds. The van der Waals surface area contributed by atoms with Crippen molar-refractivity contribution in [2.24, 2.45) is 0 Å². The van der Waals surface area contributed by atoms with E-state index in [1.807, 2.05) is 6.20 Å².